The third-order valence-corrected chi connectivity index (χ3v) is 5.68. The summed E-state index contributed by atoms with van der Waals surface area (Å²) in [5, 5.41) is 2.87. The molecule has 1 atom stereocenters. The Hall–Kier alpha value is -2.42. The second-order valence-electron chi connectivity index (χ2n) is 6.25. The monoisotopic (exact) mass is 390 g/mol. The zero-order valence-electron chi connectivity index (χ0n) is 15.1. The van der Waals surface area contributed by atoms with E-state index >= 15 is 0 Å². The minimum Gasteiger partial charge on any atom is -0.496 e. The number of hydrogen-bond donors (Lipinski definition) is 2. The molecule has 3 rings (SSSR count). The van der Waals surface area contributed by atoms with Crippen LogP contribution in [0.1, 0.15) is 35.0 Å². The molecule has 1 aliphatic rings. The predicted octanol–water partition coefficient (Wildman–Crippen LogP) is 2.21. The van der Waals surface area contributed by atoms with Crippen LogP contribution in [0.2, 0.25) is 0 Å². The summed E-state index contributed by atoms with van der Waals surface area (Å²) in [5.41, 5.74) is 0.986. The number of methoxy groups -OCH3 is 2. The molecule has 2 N–H and O–H groups in total. The van der Waals surface area contributed by atoms with Gasteiger partial charge in [0, 0.05) is 24.3 Å². The average Bonchev–Trinajstić information content (AvgIpc) is 3.50. The first kappa shape index (κ1) is 19.3. The molecular formula is C19H22N2O5S. The lowest BCUT2D eigenvalue weighted by Crippen LogP contribution is -2.30. The molecule has 144 valence electrons. The van der Waals surface area contributed by atoms with E-state index in [1.807, 2.05) is 0 Å². The SMILES string of the molecule is COc1ccccc1C(NS(=O)(=O)c1ccc(C(=O)NC2CC2)cc1)OC. The van der Waals surface area contributed by atoms with Gasteiger partial charge in [-0.05, 0) is 43.2 Å². The molecule has 1 aliphatic carbocycles. The number of para-hydroxylation sites is 1. The number of benzene rings is 2. The van der Waals surface area contributed by atoms with Crippen LogP contribution in [0.15, 0.2) is 53.4 Å². The maximum absolute atomic E-state index is 12.7. The summed E-state index contributed by atoms with van der Waals surface area (Å²) in [6.07, 6.45) is 1.07. The van der Waals surface area contributed by atoms with Crippen molar-refractivity contribution in [2.45, 2.75) is 30.0 Å². The number of sulfonamides is 1. The van der Waals surface area contributed by atoms with Crippen molar-refractivity contribution in [2.24, 2.45) is 0 Å². The molecule has 2 aromatic carbocycles. The summed E-state index contributed by atoms with van der Waals surface area (Å²) in [6, 6.07) is 13.0. The zero-order chi connectivity index (χ0) is 19.4. The average molecular weight is 390 g/mol. The molecule has 1 fully saturated rings. The quantitative estimate of drug-likeness (QED) is 0.674. The number of nitrogens with one attached hydrogen (secondary N) is 2. The van der Waals surface area contributed by atoms with Gasteiger partial charge in [-0.3, -0.25) is 4.79 Å². The summed E-state index contributed by atoms with van der Waals surface area (Å²) in [5.74, 6) is 0.317. The molecule has 1 saturated carbocycles. The Labute approximate surface area is 158 Å². The Morgan fingerprint density at radius 1 is 1.07 bits per heavy atom. The zero-order valence-corrected chi connectivity index (χ0v) is 16.0. The van der Waals surface area contributed by atoms with E-state index in [4.69, 9.17) is 9.47 Å². The molecule has 0 bridgehead atoms. The highest BCUT2D eigenvalue weighted by molar-refractivity contribution is 7.89. The molecule has 27 heavy (non-hydrogen) atoms. The normalized spacial score (nSPS) is 15.2. The molecular weight excluding hydrogens is 368 g/mol. The maximum Gasteiger partial charge on any atom is 0.251 e. The van der Waals surface area contributed by atoms with Crippen molar-refractivity contribution in [2.75, 3.05) is 14.2 Å². The van der Waals surface area contributed by atoms with Crippen LogP contribution < -0.4 is 14.8 Å². The summed E-state index contributed by atoms with van der Waals surface area (Å²) in [4.78, 5) is 12.1. The Balaban J connectivity index is 1.77. The van der Waals surface area contributed by atoms with Gasteiger partial charge in [-0.1, -0.05) is 18.2 Å². The van der Waals surface area contributed by atoms with Gasteiger partial charge in [-0.2, -0.15) is 4.72 Å². The van der Waals surface area contributed by atoms with Crippen LogP contribution in [-0.4, -0.2) is 34.6 Å². The Kier molecular flexibility index (Phi) is 5.79. The van der Waals surface area contributed by atoms with Crippen LogP contribution in [0.5, 0.6) is 5.75 Å². The first-order chi connectivity index (χ1) is 12.9. The van der Waals surface area contributed by atoms with Gasteiger partial charge in [0.05, 0.1) is 12.0 Å². The number of carbonyl (C=O) groups is 1. The van der Waals surface area contributed by atoms with Crippen molar-refractivity contribution in [3.05, 3.63) is 59.7 Å². The van der Waals surface area contributed by atoms with Crippen molar-refractivity contribution in [3.8, 4) is 5.75 Å². The Morgan fingerprint density at radius 3 is 2.33 bits per heavy atom. The number of carbonyl (C=O) groups excluding carboxylic acids is 1. The molecule has 2 aromatic rings. The fourth-order valence-corrected chi connectivity index (χ4v) is 3.75. The predicted molar refractivity (Wildman–Crippen MR) is 100.0 cm³/mol. The van der Waals surface area contributed by atoms with Crippen molar-refractivity contribution >= 4 is 15.9 Å². The van der Waals surface area contributed by atoms with E-state index < -0.39 is 16.3 Å². The molecule has 0 radical (unpaired) electrons. The van der Waals surface area contributed by atoms with Crippen molar-refractivity contribution in [1.82, 2.24) is 10.0 Å². The molecule has 0 aliphatic heterocycles. The third kappa shape index (κ3) is 4.65. The smallest absolute Gasteiger partial charge is 0.251 e. The van der Waals surface area contributed by atoms with Crippen molar-refractivity contribution in [1.29, 1.82) is 0 Å². The number of hydrogen-bond acceptors (Lipinski definition) is 5. The van der Waals surface area contributed by atoms with E-state index in [0.717, 1.165) is 12.8 Å². The van der Waals surface area contributed by atoms with E-state index in [0.29, 0.717) is 16.9 Å². The largest absolute Gasteiger partial charge is 0.496 e. The van der Waals surface area contributed by atoms with Crippen LogP contribution >= 0.6 is 0 Å². The second-order valence-corrected chi connectivity index (χ2v) is 7.97. The van der Waals surface area contributed by atoms with Crippen LogP contribution in [-0.2, 0) is 14.8 Å². The van der Waals surface area contributed by atoms with E-state index in [1.165, 1.54) is 38.5 Å². The lowest BCUT2D eigenvalue weighted by atomic mass is 10.2. The molecule has 0 saturated heterocycles. The van der Waals surface area contributed by atoms with Gasteiger partial charge in [-0.15, -0.1) is 0 Å². The van der Waals surface area contributed by atoms with E-state index in [9.17, 15) is 13.2 Å². The summed E-state index contributed by atoms with van der Waals surface area (Å²) in [6.45, 7) is 0. The fourth-order valence-electron chi connectivity index (χ4n) is 2.61. The Morgan fingerprint density at radius 2 is 1.74 bits per heavy atom. The van der Waals surface area contributed by atoms with Gasteiger partial charge < -0.3 is 14.8 Å². The number of rotatable bonds is 8. The van der Waals surface area contributed by atoms with E-state index in [1.54, 1.807) is 24.3 Å². The molecule has 0 aromatic heterocycles. The third-order valence-electron chi connectivity index (χ3n) is 4.26. The molecule has 1 amide bonds. The lowest BCUT2D eigenvalue weighted by Gasteiger charge is -2.20. The molecule has 7 nitrogen and oxygen atoms in total. The molecule has 8 heteroatoms. The Bertz CT molecular complexity index is 908. The van der Waals surface area contributed by atoms with Crippen LogP contribution in [0.3, 0.4) is 0 Å². The minimum atomic E-state index is -3.86. The van der Waals surface area contributed by atoms with Crippen molar-refractivity contribution < 1.29 is 22.7 Å². The van der Waals surface area contributed by atoms with Crippen molar-refractivity contribution in [3.63, 3.8) is 0 Å². The van der Waals surface area contributed by atoms with Gasteiger partial charge in [0.15, 0.2) is 0 Å². The van der Waals surface area contributed by atoms with Crippen LogP contribution in [0.4, 0.5) is 0 Å². The van der Waals surface area contributed by atoms with E-state index in [2.05, 4.69) is 10.0 Å². The van der Waals surface area contributed by atoms with Crippen LogP contribution in [0.25, 0.3) is 0 Å². The van der Waals surface area contributed by atoms with Gasteiger partial charge in [0.1, 0.15) is 12.0 Å². The van der Waals surface area contributed by atoms with Gasteiger partial charge >= 0.3 is 0 Å². The van der Waals surface area contributed by atoms with Gasteiger partial charge in [-0.25, -0.2) is 8.42 Å². The second kappa shape index (κ2) is 8.08. The number of ether oxygens (including phenoxy) is 2. The molecule has 1 unspecified atom stereocenters. The minimum absolute atomic E-state index is 0.0439. The van der Waals surface area contributed by atoms with Crippen LogP contribution in [0, 0.1) is 0 Å². The lowest BCUT2D eigenvalue weighted by molar-refractivity contribution is 0.0916. The van der Waals surface area contributed by atoms with E-state index in [-0.39, 0.29) is 16.8 Å². The maximum atomic E-state index is 12.7. The van der Waals surface area contributed by atoms with Gasteiger partial charge in [0.25, 0.3) is 5.91 Å². The number of amides is 1. The highest BCUT2D eigenvalue weighted by Gasteiger charge is 2.25. The highest BCUT2D eigenvalue weighted by atomic mass is 32.2. The molecule has 0 heterocycles. The first-order valence-corrected chi connectivity index (χ1v) is 10.0. The summed E-state index contributed by atoms with van der Waals surface area (Å²) >= 11 is 0. The standard InChI is InChI=1S/C19H22N2O5S/c1-25-17-6-4-3-5-16(17)19(26-2)21-27(23,24)15-11-7-13(8-12-15)18(22)20-14-9-10-14/h3-8,11-12,14,19,21H,9-10H2,1-2H3,(H,20,22). The molecule has 0 spiro atoms. The summed E-state index contributed by atoms with van der Waals surface area (Å²) < 4.78 is 38.5. The fraction of sp³-hybridized carbons (Fsp3) is 0.316. The summed E-state index contributed by atoms with van der Waals surface area (Å²) in [7, 11) is -0.947. The first-order valence-electron chi connectivity index (χ1n) is 8.53. The topological polar surface area (TPSA) is 93.7 Å². The highest BCUT2D eigenvalue weighted by Crippen LogP contribution is 2.27. The van der Waals surface area contributed by atoms with Gasteiger partial charge in [0.2, 0.25) is 10.0 Å².